The number of aliphatic imine (C=N–C) groups is 1. The van der Waals surface area contributed by atoms with Crippen molar-refractivity contribution < 1.29 is 4.79 Å². The van der Waals surface area contributed by atoms with Crippen LogP contribution < -0.4 is 10.6 Å². The first kappa shape index (κ1) is 18.2. The maximum atomic E-state index is 11.5. The van der Waals surface area contributed by atoms with Gasteiger partial charge in [0, 0.05) is 24.0 Å². The van der Waals surface area contributed by atoms with Crippen molar-refractivity contribution in [3.8, 4) is 0 Å². The lowest BCUT2D eigenvalue weighted by Crippen LogP contribution is -2.29. The highest BCUT2D eigenvalue weighted by molar-refractivity contribution is 8.14. The Bertz CT molecular complexity index is 555. The smallest absolute Gasteiger partial charge is 0.229 e. The van der Waals surface area contributed by atoms with Gasteiger partial charge < -0.3 is 10.6 Å². The largest absolute Gasteiger partial charge is 0.355 e. The summed E-state index contributed by atoms with van der Waals surface area (Å²) >= 11 is 3.34. The summed E-state index contributed by atoms with van der Waals surface area (Å²) in [6.07, 6.45) is 4.00. The number of amidine groups is 1. The molecule has 0 saturated carbocycles. The van der Waals surface area contributed by atoms with E-state index in [1.165, 1.54) is 11.1 Å². The number of carbonyl (C=O) groups is 1. The van der Waals surface area contributed by atoms with E-state index in [9.17, 15) is 4.79 Å². The number of thioether (sulfide) groups is 2. The van der Waals surface area contributed by atoms with Gasteiger partial charge in [0.25, 0.3) is 0 Å². The van der Waals surface area contributed by atoms with Crippen LogP contribution in [-0.4, -0.2) is 41.4 Å². The number of nitrogens with one attached hydrogen (secondary N) is 2. The van der Waals surface area contributed by atoms with E-state index in [4.69, 9.17) is 0 Å². The third kappa shape index (κ3) is 5.77. The van der Waals surface area contributed by atoms with Crippen LogP contribution in [0.1, 0.15) is 24.0 Å². The molecule has 1 aliphatic rings. The molecule has 0 saturated heterocycles. The van der Waals surface area contributed by atoms with E-state index >= 15 is 0 Å². The lowest BCUT2D eigenvalue weighted by atomic mass is 10.1. The van der Waals surface area contributed by atoms with Crippen LogP contribution in [0.15, 0.2) is 23.2 Å². The Kier molecular flexibility index (Phi) is 7.30. The molecule has 1 unspecified atom stereocenters. The number of amides is 1. The summed E-state index contributed by atoms with van der Waals surface area (Å²) in [5.74, 6) is 0.666. The van der Waals surface area contributed by atoms with E-state index in [1.807, 2.05) is 6.26 Å². The number of aryl methyl sites for hydroxylation is 2. The van der Waals surface area contributed by atoms with Crippen molar-refractivity contribution in [1.82, 2.24) is 5.32 Å². The minimum atomic E-state index is 0.126. The van der Waals surface area contributed by atoms with E-state index in [0.29, 0.717) is 11.0 Å². The minimum Gasteiger partial charge on any atom is -0.355 e. The molecule has 1 aromatic carbocycles. The quantitative estimate of drug-likeness (QED) is 0.824. The van der Waals surface area contributed by atoms with Gasteiger partial charge in [-0.1, -0.05) is 30.0 Å². The maximum Gasteiger partial charge on any atom is 0.229 e. The Labute approximate surface area is 147 Å². The van der Waals surface area contributed by atoms with Gasteiger partial charge in [0.05, 0.1) is 5.75 Å². The molecular weight excluding hydrogens is 326 g/mol. The molecule has 23 heavy (non-hydrogen) atoms. The molecular formula is C17H25N3OS2. The molecule has 126 valence electrons. The van der Waals surface area contributed by atoms with Gasteiger partial charge in [-0.2, -0.15) is 11.8 Å². The van der Waals surface area contributed by atoms with Crippen LogP contribution in [0, 0.1) is 13.8 Å². The predicted octanol–water partition coefficient (Wildman–Crippen LogP) is 3.45. The van der Waals surface area contributed by atoms with Crippen molar-refractivity contribution in [2.24, 2.45) is 4.99 Å². The van der Waals surface area contributed by atoms with Crippen molar-refractivity contribution in [2.45, 2.75) is 31.9 Å². The Morgan fingerprint density at radius 3 is 2.83 bits per heavy atom. The first-order valence-corrected chi connectivity index (χ1v) is 10.2. The van der Waals surface area contributed by atoms with Crippen molar-refractivity contribution in [3.63, 3.8) is 0 Å². The summed E-state index contributed by atoms with van der Waals surface area (Å²) in [5, 5.41) is 7.97. The summed E-state index contributed by atoms with van der Waals surface area (Å²) in [6.45, 7) is 5.82. The van der Waals surface area contributed by atoms with Gasteiger partial charge in [-0.05, 0) is 44.1 Å². The summed E-state index contributed by atoms with van der Waals surface area (Å²) in [7, 11) is 0. The van der Waals surface area contributed by atoms with Crippen LogP contribution in [-0.2, 0) is 4.79 Å². The average Bonchev–Trinajstić information content (AvgIpc) is 2.52. The van der Waals surface area contributed by atoms with Gasteiger partial charge in [-0.15, -0.1) is 0 Å². The van der Waals surface area contributed by atoms with Gasteiger partial charge in [-0.25, -0.2) is 0 Å². The molecule has 4 nitrogen and oxygen atoms in total. The van der Waals surface area contributed by atoms with Gasteiger partial charge in [0.15, 0.2) is 5.17 Å². The molecule has 1 atom stereocenters. The van der Waals surface area contributed by atoms with Gasteiger partial charge >= 0.3 is 0 Å². The minimum absolute atomic E-state index is 0.126. The Morgan fingerprint density at radius 1 is 1.39 bits per heavy atom. The second-order valence-corrected chi connectivity index (χ2v) is 7.83. The lowest BCUT2D eigenvalue weighted by Gasteiger charge is -2.23. The van der Waals surface area contributed by atoms with E-state index in [0.717, 1.165) is 36.8 Å². The molecule has 2 rings (SSSR count). The summed E-state index contributed by atoms with van der Waals surface area (Å²) in [4.78, 5) is 16.1. The molecule has 6 heteroatoms. The van der Waals surface area contributed by atoms with Crippen LogP contribution in [0.4, 0.5) is 5.69 Å². The van der Waals surface area contributed by atoms with Crippen LogP contribution in [0.25, 0.3) is 0 Å². The Balaban J connectivity index is 1.84. The number of rotatable bonds is 6. The highest BCUT2D eigenvalue weighted by atomic mass is 32.2. The van der Waals surface area contributed by atoms with Gasteiger partial charge in [-0.3, -0.25) is 9.79 Å². The number of hydrogen-bond acceptors (Lipinski definition) is 5. The number of hydrogen-bond donors (Lipinski definition) is 2. The summed E-state index contributed by atoms with van der Waals surface area (Å²) in [5.41, 5.74) is 3.63. The standard InChI is InChI=1S/C17H25N3OS2/c1-12-5-4-6-13(2)16(12)20-17-19-10-8-14(23-17)7-9-18-15(21)11-22-3/h4-6,14H,7-11H2,1-3H3,(H,18,21)(H,19,20). The Hall–Kier alpha value is -1.14. The molecule has 0 bridgehead atoms. The van der Waals surface area contributed by atoms with Gasteiger partial charge in [0.2, 0.25) is 5.91 Å². The first-order chi connectivity index (χ1) is 11.1. The molecule has 1 amide bonds. The number of carbonyl (C=O) groups excluding carboxylic acids is 1. The highest BCUT2D eigenvalue weighted by Gasteiger charge is 2.18. The van der Waals surface area contributed by atoms with Crippen LogP contribution in [0.3, 0.4) is 0 Å². The van der Waals surface area contributed by atoms with E-state index in [1.54, 1.807) is 23.5 Å². The molecule has 1 aromatic rings. The fourth-order valence-corrected chi connectivity index (χ4v) is 3.98. The second-order valence-electron chi connectivity index (χ2n) is 5.68. The van der Waals surface area contributed by atoms with E-state index < -0.39 is 0 Å². The van der Waals surface area contributed by atoms with Crippen LogP contribution >= 0.6 is 23.5 Å². The van der Waals surface area contributed by atoms with E-state index in [2.05, 4.69) is 47.7 Å². The van der Waals surface area contributed by atoms with E-state index in [-0.39, 0.29) is 5.91 Å². The SMILES string of the molecule is CSCC(=O)NCCC1CCN=C(Nc2c(C)cccc2C)S1. The number of nitrogens with zero attached hydrogens (tertiary/aromatic N) is 1. The maximum absolute atomic E-state index is 11.5. The first-order valence-electron chi connectivity index (χ1n) is 7.90. The lowest BCUT2D eigenvalue weighted by molar-refractivity contribution is -0.118. The molecule has 0 spiro atoms. The predicted molar refractivity (Wildman–Crippen MR) is 104 cm³/mol. The fraction of sp³-hybridized carbons (Fsp3) is 0.529. The zero-order valence-corrected chi connectivity index (χ0v) is 15.6. The molecule has 0 aromatic heterocycles. The molecule has 0 aliphatic carbocycles. The van der Waals surface area contributed by atoms with Crippen molar-refractivity contribution in [1.29, 1.82) is 0 Å². The molecule has 1 aliphatic heterocycles. The zero-order valence-electron chi connectivity index (χ0n) is 14.0. The number of anilines is 1. The van der Waals surface area contributed by atoms with Crippen molar-refractivity contribution in [2.75, 3.05) is 30.4 Å². The van der Waals surface area contributed by atoms with Gasteiger partial charge in [0.1, 0.15) is 0 Å². The number of para-hydroxylation sites is 1. The summed E-state index contributed by atoms with van der Waals surface area (Å²) < 4.78 is 0. The molecule has 1 heterocycles. The van der Waals surface area contributed by atoms with Crippen LogP contribution in [0.5, 0.6) is 0 Å². The third-order valence-electron chi connectivity index (χ3n) is 3.76. The normalized spacial score (nSPS) is 17.5. The summed E-state index contributed by atoms with van der Waals surface area (Å²) in [6, 6.07) is 6.30. The van der Waals surface area contributed by atoms with Crippen molar-refractivity contribution >= 4 is 40.3 Å². The number of benzene rings is 1. The molecule has 0 fully saturated rings. The average molecular weight is 352 g/mol. The van der Waals surface area contributed by atoms with Crippen molar-refractivity contribution in [3.05, 3.63) is 29.3 Å². The monoisotopic (exact) mass is 351 g/mol. The highest BCUT2D eigenvalue weighted by Crippen LogP contribution is 2.27. The topological polar surface area (TPSA) is 53.5 Å². The zero-order chi connectivity index (χ0) is 16.7. The fourth-order valence-electron chi connectivity index (χ4n) is 2.51. The Morgan fingerprint density at radius 2 is 2.13 bits per heavy atom. The molecule has 0 radical (unpaired) electrons. The molecule has 2 N–H and O–H groups in total. The van der Waals surface area contributed by atoms with Crippen LogP contribution in [0.2, 0.25) is 0 Å². The third-order valence-corrected chi connectivity index (χ3v) is 5.57. The second kappa shape index (κ2) is 9.23.